The summed E-state index contributed by atoms with van der Waals surface area (Å²) in [5, 5.41) is 3.19. The van der Waals surface area contributed by atoms with Crippen molar-refractivity contribution >= 4 is 9.84 Å². The Morgan fingerprint density at radius 1 is 1.41 bits per heavy atom. The maximum absolute atomic E-state index is 11.5. The number of sulfone groups is 1. The number of nitrogens with one attached hydrogen (secondary N) is 1. The summed E-state index contributed by atoms with van der Waals surface area (Å²) >= 11 is 0. The summed E-state index contributed by atoms with van der Waals surface area (Å²) in [6, 6.07) is 3.98. The van der Waals surface area contributed by atoms with E-state index in [4.69, 9.17) is 0 Å². The first-order valence-electron chi connectivity index (χ1n) is 5.89. The normalized spacial score (nSPS) is 13.5. The molecule has 1 heterocycles. The van der Waals surface area contributed by atoms with Crippen molar-refractivity contribution in [3.63, 3.8) is 0 Å². The van der Waals surface area contributed by atoms with Gasteiger partial charge < -0.3 is 5.32 Å². The summed E-state index contributed by atoms with van der Waals surface area (Å²) in [5.74, 6) is 0.474. The first-order valence-corrected chi connectivity index (χ1v) is 7.71. The molecule has 0 unspecified atom stereocenters. The van der Waals surface area contributed by atoms with Gasteiger partial charge in [0.15, 0.2) is 9.84 Å². The molecule has 1 N–H and O–H groups in total. The van der Waals surface area contributed by atoms with Crippen LogP contribution in [0.3, 0.4) is 0 Å². The lowest BCUT2D eigenvalue weighted by molar-refractivity contribution is 0.570. The van der Waals surface area contributed by atoms with Crippen molar-refractivity contribution < 1.29 is 8.42 Å². The molecule has 0 bridgehead atoms. The Morgan fingerprint density at radius 2 is 2.18 bits per heavy atom. The molecule has 0 aliphatic heterocycles. The van der Waals surface area contributed by atoms with Crippen LogP contribution in [0.5, 0.6) is 0 Å². The minimum Gasteiger partial charge on any atom is -0.309 e. The van der Waals surface area contributed by atoms with Gasteiger partial charge in [-0.2, -0.15) is 0 Å². The van der Waals surface area contributed by atoms with Gasteiger partial charge in [0.2, 0.25) is 0 Å². The van der Waals surface area contributed by atoms with Gasteiger partial charge in [-0.3, -0.25) is 4.98 Å². The lowest BCUT2D eigenvalue weighted by atomic mass is 10.1. The fraction of sp³-hybridized carbons (Fsp3) is 0.583. The van der Waals surface area contributed by atoms with Crippen molar-refractivity contribution in [2.75, 3.05) is 18.1 Å². The van der Waals surface area contributed by atoms with E-state index in [2.05, 4.69) is 10.3 Å². The topological polar surface area (TPSA) is 59.1 Å². The zero-order chi connectivity index (χ0) is 12.7. The highest BCUT2D eigenvalue weighted by atomic mass is 32.2. The molecule has 0 saturated heterocycles. The van der Waals surface area contributed by atoms with E-state index in [1.54, 1.807) is 12.4 Å². The molecule has 1 rings (SSSR count). The molecule has 0 radical (unpaired) electrons. The molecule has 4 nitrogen and oxygen atoms in total. The quantitative estimate of drug-likeness (QED) is 0.804. The molecule has 0 spiro atoms. The number of hydrogen-bond donors (Lipinski definition) is 1. The Balaban J connectivity index is 2.37. The van der Waals surface area contributed by atoms with E-state index in [1.807, 2.05) is 26.0 Å². The lowest BCUT2D eigenvalue weighted by Crippen LogP contribution is -2.26. The molecule has 96 valence electrons. The largest absolute Gasteiger partial charge is 0.309 e. The van der Waals surface area contributed by atoms with Crippen LogP contribution in [0.4, 0.5) is 0 Å². The molecule has 0 saturated carbocycles. The van der Waals surface area contributed by atoms with E-state index in [1.165, 1.54) is 0 Å². The summed E-state index contributed by atoms with van der Waals surface area (Å²) in [7, 11) is -2.89. The molecule has 0 aliphatic carbocycles. The van der Waals surface area contributed by atoms with Crippen LogP contribution in [-0.2, 0) is 9.84 Å². The predicted octanol–water partition coefficient (Wildman–Crippen LogP) is 1.56. The average Bonchev–Trinajstić information content (AvgIpc) is 2.29. The molecule has 17 heavy (non-hydrogen) atoms. The van der Waals surface area contributed by atoms with Crippen LogP contribution in [0.25, 0.3) is 0 Å². The zero-order valence-corrected chi connectivity index (χ0v) is 11.2. The van der Waals surface area contributed by atoms with E-state index in [0.29, 0.717) is 13.0 Å². The van der Waals surface area contributed by atoms with Gasteiger partial charge in [0, 0.05) is 30.7 Å². The van der Waals surface area contributed by atoms with Gasteiger partial charge in [-0.1, -0.05) is 13.0 Å². The third-order valence-corrected chi connectivity index (χ3v) is 4.42. The van der Waals surface area contributed by atoms with Crippen LogP contribution in [0.2, 0.25) is 0 Å². The second-order valence-corrected chi connectivity index (χ2v) is 6.42. The number of rotatable bonds is 7. The van der Waals surface area contributed by atoms with Crippen LogP contribution in [-0.4, -0.2) is 31.5 Å². The Kier molecular flexibility index (Phi) is 5.58. The first-order chi connectivity index (χ1) is 8.05. The summed E-state index contributed by atoms with van der Waals surface area (Å²) in [6.07, 6.45) is 4.20. The highest BCUT2D eigenvalue weighted by Crippen LogP contribution is 2.09. The molecular formula is C12H20N2O2S. The fourth-order valence-electron chi connectivity index (χ4n) is 1.59. The number of pyridine rings is 1. The van der Waals surface area contributed by atoms with Crippen molar-refractivity contribution in [1.82, 2.24) is 10.3 Å². The minimum atomic E-state index is -2.89. The standard InChI is InChI=1S/C12H20N2O2S/c1-3-8-17(15,16)9-7-14-11(2)12-5-4-6-13-10-12/h4-6,10-11,14H,3,7-9H2,1-2H3/t11-/m1/s1. The Hall–Kier alpha value is -0.940. The van der Waals surface area contributed by atoms with Gasteiger partial charge in [0.05, 0.1) is 5.75 Å². The van der Waals surface area contributed by atoms with Crippen LogP contribution >= 0.6 is 0 Å². The maximum Gasteiger partial charge on any atom is 0.151 e. The smallest absolute Gasteiger partial charge is 0.151 e. The SMILES string of the molecule is CCCS(=O)(=O)CCN[C@H](C)c1cccnc1. The Labute approximate surface area is 103 Å². The lowest BCUT2D eigenvalue weighted by Gasteiger charge is -2.13. The van der Waals surface area contributed by atoms with Gasteiger partial charge in [-0.25, -0.2) is 8.42 Å². The van der Waals surface area contributed by atoms with E-state index in [0.717, 1.165) is 5.56 Å². The second-order valence-electron chi connectivity index (χ2n) is 4.11. The Morgan fingerprint density at radius 3 is 2.76 bits per heavy atom. The minimum absolute atomic E-state index is 0.125. The fourth-order valence-corrected chi connectivity index (χ4v) is 2.85. The molecule has 1 atom stereocenters. The van der Waals surface area contributed by atoms with E-state index < -0.39 is 9.84 Å². The summed E-state index contributed by atoms with van der Waals surface area (Å²) in [4.78, 5) is 4.03. The molecule has 0 aromatic carbocycles. The predicted molar refractivity (Wildman–Crippen MR) is 69.6 cm³/mol. The van der Waals surface area contributed by atoms with Crippen LogP contribution in [0, 0.1) is 0 Å². The summed E-state index contributed by atoms with van der Waals surface area (Å²) < 4.78 is 23.0. The molecule has 0 amide bonds. The number of aromatic nitrogens is 1. The highest BCUT2D eigenvalue weighted by Gasteiger charge is 2.10. The van der Waals surface area contributed by atoms with Crippen LogP contribution in [0.1, 0.15) is 31.9 Å². The molecule has 1 aromatic rings. The van der Waals surface area contributed by atoms with Gasteiger partial charge in [-0.05, 0) is 25.0 Å². The highest BCUT2D eigenvalue weighted by molar-refractivity contribution is 7.91. The molecular weight excluding hydrogens is 236 g/mol. The van der Waals surface area contributed by atoms with Crippen molar-refractivity contribution in [1.29, 1.82) is 0 Å². The Bertz CT molecular complexity index is 417. The maximum atomic E-state index is 11.5. The van der Waals surface area contributed by atoms with Crippen LogP contribution in [0.15, 0.2) is 24.5 Å². The van der Waals surface area contributed by atoms with Gasteiger partial charge >= 0.3 is 0 Å². The monoisotopic (exact) mass is 256 g/mol. The van der Waals surface area contributed by atoms with Crippen molar-refractivity contribution in [2.45, 2.75) is 26.3 Å². The number of hydrogen-bond acceptors (Lipinski definition) is 4. The second kappa shape index (κ2) is 6.71. The number of nitrogens with zero attached hydrogens (tertiary/aromatic N) is 1. The van der Waals surface area contributed by atoms with Gasteiger partial charge in [0.25, 0.3) is 0 Å². The van der Waals surface area contributed by atoms with E-state index in [-0.39, 0.29) is 17.5 Å². The third kappa shape index (κ3) is 5.28. The zero-order valence-electron chi connectivity index (χ0n) is 10.4. The average molecular weight is 256 g/mol. The molecule has 0 aliphatic rings. The summed E-state index contributed by atoms with van der Waals surface area (Å²) in [5.41, 5.74) is 1.07. The van der Waals surface area contributed by atoms with Crippen LogP contribution < -0.4 is 5.32 Å². The molecule has 0 fully saturated rings. The molecule has 5 heteroatoms. The van der Waals surface area contributed by atoms with Gasteiger partial charge in [0.1, 0.15) is 0 Å². The third-order valence-electron chi connectivity index (χ3n) is 2.56. The van der Waals surface area contributed by atoms with Gasteiger partial charge in [-0.15, -0.1) is 0 Å². The van der Waals surface area contributed by atoms with Crippen molar-refractivity contribution in [3.8, 4) is 0 Å². The van der Waals surface area contributed by atoms with E-state index in [9.17, 15) is 8.42 Å². The van der Waals surface area contributed by atoms with E-state index >= 15 is 0 Å². The van der Waals surface area contributed by atoms with Crippen molar-refractivity contribution in [3.05, 3.63) is 30.1 Å². The first kappa shape index (κ1) is 14.1. The summed E-state index contributed by atoms with van der Waals surface area (Å²) in [6.45, 7) is 4.37. The molecule has 1 aromatic heterocycles. The van der Waals surface area contributed by atoms with Crippen molar-refractivity contribution in [2.24, 2.45) is 0 Å².